The third-order valence-electron chi connectivity index (χ3n) is 5.12. The Morgan fingerprint density at radius 3 is 2.94 bits per heavy atom. The van der Waals surface area contributed by atoms with E-state index in [1.807, 2.05) is 46.3 Å². The second kappa shape index (κ2) is 9.55. The fourth-order valence-electron chi connectivity index (χ4n) is 3.62. The van der Waals surface area contributed by atoms with Crippen LogP contribution in [-0.4, -0.2) is 42.1 Å². The number of allylic oxidation sites excluding steroid dienone is 1. The monoisotopic (exact) mass is 476 g/mol. The molecule has 0 radical (unpaired) electrons. The number of amides is 1. The van der Waals surface area contributed by atoms with E-state index in [-0.39, 0.29) is 17.7 Å². The maximum absolute atomic E-state index is 13.3. The lowest BCUT2D eigenvalue weighted by molar-refractivity contribution is -0.130. The van der Waals surface area contributed by atoms with Gasteiger partial charge in [-0.3, -0.25) is 14.3 Å². The summed E-state index contributed by atoms with van der Waals surface area (Å²) in [6.07, 6.45) is 7.46. The molecule has 0 spiro atoms. The molecule has 4 aromatic heterocycles. The van der Waals surface area contributed by atoms with Gasteiger partial charge in [-0.1, -0.05) is 23.9 Å². The fraction of sp³-hybridized carbons (Fsp3) is 0.174. The lowest BCUT2D eigenvalue weighted by atomic mass is 10.1. The first-order chi connectivity index (χ1) is 16.2. The van der Waals surface area contributed by atoms with Gasteiger partial charge in [0.2, 0.25) is 0 Å². The molecule has 4 aromatic rings. The van der Waals surface area contributed by atoms with Crippen LogP contribution in [0.2, 0.25) is 0 Å². The number of furan rings is 1. The van der Waals surface area contributed by atoms with Crippen LogP contribution < -0.4 is 0 Å². The van der Waals surface area contributed by atoms with Crippen LogP contribution in [0, 0.1) is 0 Å². The third-order valence-corrected chi connectivity index (χ3v) is 6.99. The minimum atomic E-state index is -0.262. The minimum absolute atomic E-state index is 0.121. The third kappa shape index (κ3) is 4.39. The number of hydrazone groups is 1. The number of pyridine rings is 1. The van der Waals surface area contributed by atoms with Crippen LogP contribution in [0.3, 0.4) is 0 Å². The summed E-state index contributed by atoms with van der Waals surface area (Å²) in [5.74, 6) is 1.45. The summed E-state index contributed by atoms with van der Waals surface area (Å²) in [6.45, 7) is 4.36. The average Bonchev–Trinajstić information content (AvgIpc) is 3.64. The molecule has 0 unspecified atom stereocenters. The number of rotatable bonds is 8. The maximum Gasteiger partial charge on any atom is 0.253 e. The smallest absolute Gasteiger partial charge is 0.253 e. The predicted octanol–water partition coefficient (Wildman–Crippen LogP) is 4.65. The molecule has 1 aliphatic heterocycles. The Morgan fingerprint density at radius 2 is 2.21 bits per heavy atom. The molecule has 0 saturated carbocycles. The van der Waals surface area contributed by atoms with Gasteiger partial charge in [-0.2, -0.15) is 5.10 Å². The second-order valence-corrected chi connectivity index (χ2v) is 9.12. The van der Waals surface area contributed by atoms with Crippen molar-refractivity contribution in [2.24, 2.45) is 5.10 Å². The van der Waals surface area contributed by atoms with E-state index in [0.717, 1.165) is 21.9 Å². The fourth-order valence-corrected chi connectivity index (χ4v) is 5.15. The molecule has 0 aliphatic carbocycles. The highest BCUT2D eigenvalue weighted by Crippen LogP contribution is 2.35. The van der Waals surface area contributed by atoms with Crippen LogP contribution in [0.5, 0.6) is 0 Å². The first kappa shape index (κ1) is 21.4. The first-order valence-electron chi connectivity index (χ1n) is 10.3. The number of thiophene rings is 1. The summed E-state index contributed by atoms with van der Waals surface area (Å²) >= 11 is 2.94. The Labute approximate surface area is 198 Å². The quantitative estimate of drug-likeness (QED) is 0.272. The van der Waals surface area contributed by atoms with E-state index in [0.29, 0.717) is 23.9 Å². The van der Waals surface area contributed by atoms with Gasteiger partial charge in [0.25, 0.3) is 5.91 Å². The number of hydrogen-bond donors (Lipinski definition) is 0. The van der Waals surface area contributed by atoms with Gasteiger partial charge >= 0.3 is 0 Å². The van der Waals surface area contributed by atoms with Crippen LogP contribution in [-0.2, 0) is 11.3 Å². The first-order valence-corrected chi connectivity index (χ1v) is 12.1. The number of carbonyl (C=O) groups is 1. The molecule has 33 heavy (non-hydrogen) atoms. The van der Waals surface area contributed by atoms with Crippen molar-refractivity contribution >= 4 is 34.7 Å². The van der Waals surface area contributed by atoms with Gasteiger partial charge < -0.3 is 4.42 Å². The van der Waals surface area contributed by atoms with E-state index in [9.17, 15) is 4.79 Å². The van der Waals surface area contributed by atoms with Crippen molar-refractivity contribution in [1.29, 1.82) is 0 Å². The SMILES string of the molecule is C=CCn1c(SCC(=O)N2N=C(c3cccs3)C[C@H]2c2ccco2)nnc1-c1cccnc1. The van der Waals surface area contributed by atoms with Crippen LogP contribution in [0.4, 0.5) is 0 Å². The highest BCUT2D eigenvalue weighted by atomic mass is 32.2. The highest BCUT2D eigenvalue weighted by Gasteiger charge is 2.35. The number of thioether (sulfide) groups is 1. The van der Waals surface area contributed by atoms with Gasteiger partial charge in [0.15, 0.2) is 11.0 Å². The Balaban J connectivity index is 1.36. The number of hydrogen-bond acceptors (Lipinski definition) is 8. The van der Waals surface area contributed by atoms with Crippen molar-refractivity contribution in [3.8, 4) is 11.4 Å². The van der Waals surface area contributed by atoms with E-state index in [4.69, 9.17) is 4.42 Å². The predicted molar refractivity (Wildman–Crippen MR) is 128 cm³/mol. The molecule has 0 aromatic carbocycles. The van der Waals surface area contributed by atoms with E-state index < -0.39 is 0 Å². The van der Waals surface area contributed by atoms with Crippen LogP contribution in [0.1, 0.15) is 23.1 Å². The zero-order valence-corrected chi connectivity index (χ0v) is 19.2. The molecule has 5 rings (SSSR count). The molecule has 0 fully saturated rings. The summed E-state index contributed by atoms with van der Waals surface area (Å²) in [4.78, 5) is 18.5. The summed E-state index contributed by atoms with van der Waals surface area (Å²) < 4.78 is 7.54. The molecule has 0 bridgehead atoms. The van der Waals surface area contributed by atoms with Crippen LogP contribution in [0.25, 0.3) is 11.4 Å². The molecule has 5 heterocycles. The molecule has 1 atom stereocenters. The van der Waals surface area contributed by atoms with Crippen molar-refractivity contribution in [3.63, 3.8) is 0 Å². The molecular weight excluding hydrogens is 456 g/mol. The van der Waals surface area contributed by atoms with Gasteiger partial charge in [0.05, 0.1) is 22.6 Å². The summed E-state index contributed by atoms with van der Waals surface area (Å²) in [6, 6.07) is 11.2. The van der Waals surface area contributed by atoms with Crippen molar-refractivity contribution in [2.45, 2.75) is 24.2 Å². The molecule has 1 amide bonds. The van der Waals surface area contributed by atoms with Gasteiger partial charge in [0.1, 0.15) is 11.8 Å². The van der Waals surface area contributed by atoms with Gasteiger partial charge in [0, 0.05) is 30.9 Å². The van der Waals surface area contributed by atoms with Gasteiger partial charge in [-0.25, -0.2) is 5.01 Å². The van der Waals surface area contributed by atoms with Gasteiger partial charge in [-0.15, -0.1) is 28.1 Å². The summed E-state index contributed by atoms with van der Waals surface area (Å²) in [5, 5.41) is 17.5. The number of aromatic nitrogens is 4. The Hall–Kier alpha value is -3.50. The second-order valence-electron chi connectivity index (χ2n) is 7.23. The summed E-state index contributed by atoms with van der Waals surface area (Å²) in [5.41, 5.74) is 1.74. The standard InChI is InChI=1S/C23H20N6O2S2/c1-2-10-28-22(16-6-3-9-24-14-16)25-26-23(28)33-15-21(30)29-18(19-7-4-11-31-19)13-17(27-29)20-8-5-12-32-20/h2-9,11-12,14,18H,1,10,13,15H2/t18-/m0/s1. The van der Waals surface area contributed by atoms with Crippen molar-refractivity contribution in [1.82, 2.24) is 24.8 Å². The van der Waals surface area contributed by atoms with E-state index in [2.05, 4.69) is 26.9 Å². The zero-order chi connectivity index (χ0) is 22.6. The largest absolute Gasteiger partial charge is 0.467 e. The van der Waals surface area contributed by atoms with E-state index in [1.165, 1.54) is 16.8 Å². The Bertz CT molecular complexity index is 1270. The van der Waals surface area contributed by atoms with Crippen LogP contribution in [0.15, 0.2) is 87.8 Å². The molecule has 0 N–H and O–H groups in total. The molecule has 8 nitrogen and oxygen atoms in total. The van der Waals surface area contributed by atoms with E-state index >= 15 is 0 Å². The molecule has 0 saturated heterocycles. The molecule has 1 aliphatic rings. The number of carbonyl (C=O) groups excluding carboxylic acids is 1. The van der Waals surface area contributed by atoms with Crippen molar-refractivity contribution in [3.05, 3.63) is 83.7 Å². The minimum Gasteiger partial charge on any atom is -0.467 e. The van der Waals surface area contributed by atoms with Crippen molar-refractivity contribution in [2.75, 3.05) is 5.75 Å². The lowest BCUT2D eigenvalue weighted by Gasteiger charge is -2.19. The number of nitrogens with zero attached hydrogens (tertiary/aromatic N) is 6. The normalized spacial score (nSPS) is 15.6. The Kier molecular flexibility index (Phi) is 6.18. The average molecular weight is 477 g/mol. The highest BCUT2D eigenvalue weighted by molar-refractivity contribution is 7.99. The molecule has 166 valence electrons. The summed E-state index contributed by atoms with van der Waals surface area (Å²) in [7, 11) is 0. The maximum atomic E-state index is 13.3. The van der Waals surface area contributed by atoms with Gasteiger partial charge in [-0.05, 0) is 35.7 Å². The molecule has 10 heteroatoms. The topological polar surface area (TPSA) is 89.4 Å². The van der Waals surface area contributed by atoms with Crippen molar-refractivity contribution < 1.29 is 9.21 Å². The Morgan fingerprint density at radius 1 is 1.27 bits per heavy atom. The van der Waals surface area contributed by atoms with Crippen LogP contribution >= 0.6 is 23.1 Å². The zero-order valence-electron chi connectivity index (χ0n) is 17.6. The lowest BCUT2D eigenvalue weighted by Crippen LogP contribution is -2.28. The van der Waals surface area contributed by atoms with E-state index in [1.54, 1.807) is 36.1 Å². The molecular formula is C23H20N6O2S2.